The fourth-order valence-corrected chi connectivity index (χ4v) is 2.68. The monoisotopic (exact) mass is 240 g/mol. The normalized spacial score (nSPS) is 29.6. The maximum Gasteiger partial charge on any atom is 0.228 e. The van der Waals surface area contributed by atoms with Gasteiger partial charge in [-0.1, -0.05) is 6.92 Å². The number of ether oxygens (including phenoxy) is 1. The van der Waals surface area contributed by atoms with Crippen LogP contribution < -0.4 is 5.32 Å². The first-order chi connectivity index (χ1) is 8.31. The molecule has 0 spiro atoms. The van der Waals surface area contributed by atoms with Crippen molar-refractivity contribution in [2.45, 2.75) is 38.6 Å². The molecule has 4 heteroatoms. The Kier molecular flexibility index (Phi) is 4.80. The molecule has 17 heavy (non-hydrogen) atoms. The predicted molar refractivity (Wildman–Crippen MR) is 66.8 cm³/mol. The lowest BCUT2D eigenvalue weighted by Gasteiger charge is -2.34. The number of nitrogens with zero attached hydrogens (tertiary/aromatic N) is 1. The molecule has 0 radical (unpaired) electrons. The lowest BCUT2D eigenvalue weighted by molar-refractivity contribution is -0.136. The highest BCUT2D eigenvalue weighted by molar-refractivity contribution is 5.79. The summed E-state index contributed by atoms with van der Waals surface area (Å²) in [5.41, 5.74) is 0. The van der Waals surface area contributed by atoms with Crippen LogP contribution in [0.25, 0.3) is 0 Å². The molecule has 4 nitrogen and oxygen atoms in total. The number of amides is 1. The molecule has 2 saturated heterocycles. The van der Waals surface area contributed by atoms with Crippen molar-refractivity contribution in [3.8, 4) is 0 Å². The summed E-state index contributed by atoms with van der Waals surface area (Å²) in [6.07, 6.45) is 4.38. The third-order valence-electron chi connectivity index (χ3n) is 3.70. The lowest BCUT2D eigenvalue weighted by atomic mass is 10.0. The number of piperidine rings is 1. The van der Waals surface area contributed by atoms with E-state index in [2.05, 4.69) is 12.2 Å². The van der Waals surface area contributed by atoms with E-state index in [1.54, 1.807) is 0 Å². The Labute approximate surface area is 104 Å². The minimum Gasteiger partial charge on any atom is -0.381 e. The summed E-state index contributed by atoms with van der Waals surface area (Å²) in [7, 11) is 0. The molecule has 2 aliphatic rings. The van der Waals surface area contributed by atoms with Crippen LogP contribution in [0.15, 0.2) is 0 Å². The van der Waals surface area contributed by atoms with Crippen molar-refractivity contribution < 1.29 is 9.53 Å². The Morgan fingerprint density at radius 1 is 1.47 bits per heavy atom. The predicted octanol–water partition coefficient (Wildman–Crippen LogP) is 1.01. The van der Waals surface area contributed by atoms with Crippen molar-refractivity contribution >= 4 is 5.91 Å². The van der Waals surface area contributed by atoms with Crippen molar-refractivity contribution in [1.82, 2.24) is 10.2 Å². The van der Waals surface area contributed by atoms with Crippen LogP contribution in [0.4, 0.5) is 0 Å². The zero-order valence-corrected chi connectivity index (χ0v) is 10.8. The van der Waals surface area contributed by atoms with E-state index in [1.807, 2.05) is 4.90 Å². The van der Waals surface area contributed by atoms with Gasteiger partial charge in [0, 0.05) is 25.7 Å². The van der Waals surface area contributed by atoms with Gasteiger partial charge >= 0.3 is 0 Å². The summed E-state index contributed by atoms with van der Waals surface area (Å²) in [6, 6.07) is 0.495. The van der Waals surface area contributed by atoms with Crippen LogP contribution in [-0.4, -0.2) is 49.7 Å². The fourth-order valence-electron chi connectivity index (χ4n) is 2.68. The number of hydrogen-bond donors (Lipinski definition) is 1. The Balaban J connectivity index is 1.81. The summed E-state index contributed by atoms with van der Waals surface area (Å²) in [4.78, 5) is 14.3. The van der Waals surface area contributed by atoms with Crippen molar-refractivity contribution in [2.75, 3.05) is 32.8 Å². The summed E-state index contributed by atoms with van der Waals surface area (Å²) < 4.78 is 5.30. The largest absolute Gasteiger partial charge is 0.381 e. The van der Waals surface area contributed by atoms with Gasteiger partial charge in [0.2, 0.25) is 5.91 Å². The van der Waals surface area contributed by atoms with E-state index in [-0.39, 0.29) is 5.92 Å². The zero-order chi connectivity index (χ0) is 12.1. The minimum absolute atomic E-state index is 0.125. The van der Waals surface area contributed by atoms with Crippen LogP contribution in [0, 0.1) is 5.92 Å². The van der Waals surface area contributed by atoms with Crippen molar-refractivity contribution in [3.63, 3.8) is 0 Å². The maximum absolute atomic E-state index is 12.2. The fraction of sp³-hybridized carbons (Fsp3) is 0.923. The maximum atomic E-state index is 12.2. The van der Waals surface area contributed by atoms with E-state index in [0.717, 1.165) is 45.5 Å². The molecule has 2 aliphatic heterocycles. The highest BCUT2D eigenvalue weighted by Crippen LogP contribution is 2.19. The second kappa shape index (κ2) is 6.36. The zero-order valence-electron chi connectivity index (χ0n) is 10.8. The van der Waals surface area contributed by atoms with Gasteiger partial charge in [0.05, 0.1) is 12.5 Å². The van der Waals surface area contributed by atoms with Gasteiger partial charge < -0.3 is 15.0 Å². The van der Waals surface area contributed by atoms with Crippen molar-refractivity contribution in [1.29, 1.82) is 0 Å². The molecular formula is C13H24N2O2. The molecule has 0 saturated carbocycles. The Bertz CT molecular complexity index is 252. The van der Waals surface area contributed by atoms with Crippen LogP contribution in [-0.2, 0) is 9.53 Å². The van der Waals surface area contributed by atoms with Gasteiger partial charge in [-0.05, 0) is 32.2 Å². The highest BCUT2D eigenvalue weighted by Gasteiger charge is 2.30. The molecule has 2 unspecified atom stereocenters. The molecule has 2 atom stereocenters. The van der Waals surface area contributed by atoms with E-state index < -0.39 is 0 Å². The molecule has 2 heterocycles. The average molecular weight is 240 g/mol. The SMILES string of the molecule is CCCNC1CCCN(C(=O)C2CCOC2)C1. The molecule has 0 bridgehead atoms. The minimum atomic E-state index is 0.125. The second-order valence-electron chi connectivity index (χ2n) is 5.14. The van der Waals surface area contributed by atoms with Gasteiger partial charge in [0.15, 0.2) is 0 Å². The first-order valence-electron chi connectivity index (χ1n) is 6.91. The quantitative estimate of drug-likeness (QED) is 0.797. The van der Waals surface area contributed by atoms with Gasteiger partial charge in [-0.25, -0.2) is 0 Å². The molecule has 2 rings (SSSR count). The van der Waals surface area contributed by atoms with Crippen LogP contribution in [0.2, 0.25) is 0 Å². The molecular weight excluding hydrogens is 216 g/mol. The molecule has 0 aliphatic carbocycles. The van der Waals surface area contributed by atoms with Gasteiger partial charge in [-0.3, -0.25) is 4.79 Å². The van der Waals surface area contributed by atoms with Crippen LogP contribution in [0.1, 0.15) is 32.6 Å². The van der Waals surface area contributed by atoms with Crippen LogP contribution >= 0.6 is 0 Å². The number of carbonyl (C=O) groups is 1. The Hall–Kier alpha value is -0.610. The van der Waals surface area contributed by atoms with E-state index in [1.165, 1.54) is 6.42 Å². The van der Waals surface area contributed by atoms with Crippen molar-refractivity contribution in [2.24, 2.45) is 5.92 Å². The van der Waals surface area contributed by atoms with Crippen molar-refractivity contribution in [3.05, 3.63) is 0 Å². The number of carbonyl (C=O) groups excluding carboxylic acids is 1. The summed E-state index contributed by atoms with van der Waals surface area (Å²) in [6.45, 7) is 6.42. The number of likely N-dealkylation sites (tertiary alicyclic amines) is 1. The number of nitrogens with one attached hydrogen (secondary N) is 1. The molecule has 98 valence electrons. The third-order valence-corrected chi connectivity index (χ3v) is 3.70. The van der Waals surface area contributed by atoms with E-state index in [4.69, 9.17) is 4.74 Å². The Morgan fingerprint density at radius 2 is 2.35 bits per heavy atom. The molecule has 0 aromatic heterocycles. The van der Waals surface area contributed by atoms with Gasteiger partial charge in [0.25, 0.3) is 0 Å². The summed E-state index contributed by atoms with van der Waals surface area (Å²) in [5, 5.41) is 3.52. The smallest absolute Gasteiger partial charge is 0.228 e. The average Bonchev–Trinajstić information content (AvgIpc) is 2.89. The Morgan fingerprint density at radius 3 is 3.06 bits per heavy atom. The van der Waals surface area contributed by atoms with Crippen LogP contribution in [0.5, 0.6) is 0 Å². The van der Waals surface area contributed by atoms with Gasteiger partial charge in [-0.15, -0.1) is 0 Å². The van der Waals surface area contributed by atoms with E-state index >= 15 is 0 Å². The van der Waals surface area contributed by atoms with E-state index in [0.29, 0.717) is 18.6 Å². The number of rotatable bonds is 4. The summed E-state index contributed by atoms with van der Waals surface area (Å²) >= 11 is 0. The molecule has 0 aromatic rings. The molecule has 2 fully saturated rings. The molecule has 1 amide bonds. The lowest BCUT2D eigenvalue weighted by Crippen LogP contribution is -2.49. The van der Waals surface area contributed by atoms with Gasteiger partial charge in [0.1, 0.15) is 0 Å². The highest BCUT2D eigenvalue weighted by atomic mass is 16.5. The summed E-state index contributed by atoms with van der Waals surface area (Å²) in [5.74, 6) is 0.436. The van der Waals surface area contributed by atoms with Crippen LogP contribution in [0.3, 0.4) is 0 Å². The van der Waals surface area contributed by atoms with Gasteiger partial charge in [-0.2, -0.15) is 0 Å². The molecule has 1 N–H and O–H groups in total. The topological polar surface area (TPSA) is 41.6 Å². The third kappa shape index (κ3) is 3.42. The standard InChI is InChI=1S/C13H24N2O2/c1-2-6-14-12-4-3-7-15(9-12)13(16)11-5-8-17-10-11/h11-12,14H,2-10H2,1H3. The number of hydrogen-bond acceptors (Lipinski definition) is 3. The first-order valence-corrected chi connectivity index (χ1v) is 6.91. The van der Waals surface area contributed by atoms with E-state index in [9.17, 15) is 4.79 Å². The second-order valence-corrected chi connectivity index (χ2v) is 5.14. The first kappa shape index (κ1) is 12.8. The molecule has 0 aromatic carbocycles.